The first-order valence-corrected chi connectivity index (χ1v) is 15.4. The second-order valence-corrected chi connectivity index (χ2v) is 12.4. The van der Waals surface area contributed by atoms with Crippen molar-refractivity contribution < 1.29 is 33.0 Å². The normalized spacial score (nSPS) is 22.3. The Kier molecular flexibility index (Phi) is 8.68. The van der Waals surface area contributed by atoms with Crippen LogP contribution in [0.15, 0.2) is 54.7 Å². The number of nitrogens with one attached hydrogen (secondary N) is 1. The summed E-state index contributed by atoms with van der Waals surface area (Å²) in [7, 11) is -4.34. The summed E-state index contributed by atoms with van der Waals surface area (Å²) in [6.45, 7) is 4.30. The van der Waals surface area contributed by atoms with E-state index in [1.54, 1.807) is 48.9 Å². The van der Waals surface area contributed by atoms with Gasteiger partial charge in [-0.05, 0) is 61.3 Å². The number of nitrogen functional groups attached to an aromatic ring is 1. The Bertz CT molecular complexity index is 1760. The molecule has 1 aliphatic heterocycles. The lowest BCUT2D eigenvalue weighted by Crippen LogP contribution is -2.44. The molecule has 0 bridgehead atoms. The first kappa shape index (κ1) is 30.8. The van der Waals surface area contributed by atoms with Crippen molar-refractivity contribution >= 4 is 52.9 Å². The van der Waals surface area contributed by atoms with Crippen molar-refractivity contribution in [3.63, 3.8) is 0 Å². The van der Waals surface area contributed by atoms with Crippen LogP contribution >= 0.6 is 19.3 Å². The molecule has 3 heterocycles. The van der Waals surface area contributed by atoms with E-state index >= 15 is 0 Å². The number of ether oxygens (including phenoxy) is 2. The van der Waals surface area contributed by atoms with E-state index in [4.69, 9.17) is 42.3 Å². The van der Waals surface area contributed by atoms with Crippen LogP contribution in [-0.4, -0.2) is 56.1 Å². The molecule has 0 radical (unpaired) electrons. The Balaban J connectivity index is 1.41. The summed E-state index contributed by atoms with van der Waals surface area (Å²) in [5.41, 5.74) is 4.62. The third-order valence-corrected chi connectivity index (χ3v) is 8.68. The van der Waals surface area contributed by atoms with Gasteiger partial charge in [0, 0.05) is 12.6 Å². The van der Waals surface area contributed by atoms with Crippen molar-refractivity contribution in [2.45, 2.75) is 57.3 Å². The van der Waals surface area contributed by atoms with Crippen LogP contribution in [0.3, 0.4) is 0 Å². The van der Waals surface area contributed by atoms with E-state index in [9.17, 15) is 14.5 Å². The standard InChI is InChI=1S/C29H31ClN5O7P/c1-5-29(23(36)15-24(41-29)35-13-12-22-25(31)32-28(30)33-26(22)35)16-39-43(38,34-18(4)27(37)40-17(2)3)42-21-11-10-19-8-6-7-9-20(19)14-21/h1,6-14,17-18,23-24,36H,15-16H2,2-4H3,(H,34,38)(H2,31,32,33)/t18-,23-,24+,29+,43?/m0/s1. The molecule has 4 aromatic rings. The van der Waals surface area contributed by atoms with Gasteiger partial charge in [0.25, 0.3) is 0 Å². The second kappa shape index (κ2) is 12.1. The smallest absolute Gasteiger partial charge is 0.459 e. The minimum atomic E-state index is -4.34. The summed E-state index contributed by atoms with van der Waals surface area (Å²) in [4.78, 5) is 20.8. The Hall–Kier alpha value is -3.69. The average molecular weight is 628 g/mol. The van der Waals surface area contributed by atoms with Gasteiger partial charge in [0.2, 0.25) is 5.28 Å². The molecular weight excluding hydrogens is 597 g/mol. The number of rotatable bonds is 10. The summed E-state index contributed by atoms with van der Waals surface area (Å²) >= 11 is 6.02. The van der Waals surface area contributed by atoms with E-state index < -0.39 is 50.4 Å². The number of esters is 1. The molecule has 1 fully saturated rings. The molecule has 0 spiro atoms. The summed E-state index contributed by atoms with van der Waals surface area (Å²) in [5.74, 6) is 2.20. The molecule has 14 heteroatoms. The van der Waals surface area contributed by atoms with E-state index in [0.717, 1.165) is 10.8 Å². The third-order valence-electron chi connectivity index (χ3n) is 6.89. The highest BCUT2D eigenvalue weighted by Gasteiger charge is 2.50. The Labute approximate surface area is 253 Å². The van der Waals surface area contributed by atoms with E-state index in [-0.39, 0.29) is 23.3 Å². The van der Waals surface area contributed by atoms with Crippen LogP contribution in [0, 0.1) is 12.3 Å². The molecule has 5 atom stereocenters. The van der Waals surface area contributed by atoms with Crippen LogP contribution in [0.2, 0.25) is 5.28 Å². The van der Waals surface area contributed by atoms with Crippen LogP contribution in [0.1, 0.15) is 33.4 Å². The number of anilines is 1. The first-order valence-electron chi connectivity index (χ1n) is 13.5. The van der Waals surface area contributed by atoms with Gasteiger partial charge in [-0.2, -0.15) is 10.1 Å². The predicted octanol–water partition coefficient (Wildman–Crippen LogP) is 4.61. The van der Waals surface area contributed by atoms with E-state index in [0.29, 0.717) is 11.0 Å². The van der Waals surface area contributed by atoms with Crippen LogP contribution in [0.5, 0.6) is 5.75 Å². The molecule has 2 aromatic heterocycles. The van der Waals surface area contributed by atoms with Gasteiger partial charge in [0.05, 0.1) is 11.5 Å². The first-order chi connectivity index (χ1) is 20.4. The van der Waals surface area contributed by atoms with Crippen LogP contribution in [0.4, 0.5) is 5.82 Å². The van der Waals surface area contributed by atoms with Crippen molar-refractivity contribution in [3.8, 4) is 18.1 Å². The average Bonchev–Trinajstić information content (AvgIpc) is 3.52. The number of nitrogens with two attached hydrogens (primary N) is 1. The fraction of sp³-hybridized carbons (Fsp3) is 0.345. The molecule has 43 heavy (non-hydrogen) atoms. The van der Waals surface area contributed by atoms with Gasteiger partial charge >= 0.3 is 13.7 Å². The summed E-state index contributed by atoms with van der Waals surface area (Å²) in [6.07, 6.45) is 5.13. The maximum atomic E-state index is 14.2. The predicted molar refractivity (Wildman–Crippen MR) is 161 cm³/mol. The number of carbonyl (C=O) groups excluding carboxylic acids is 1. The van der Waals surface area contributed by atoms with Crippen molar-refractivity contribution in [2.24, 2.45) is 0 Å². The van der Waals surface area contributed by atoms with E-state index in [1.807, 2.05) is 24.3 Å². The number of aliphatic hydroxyl groups is 1. The molecule has 1 unspecified atom stereocenters. The van der Waals surface area contributed by atoms with Crippen LogP contribution in [-0.2, 0) is 23.4 Å². The second-order valence-electron chi connectivity index (χ2n) is 10.4. The zero-order valence-corrected chi connectivity index (χ0v) is 25.3. The molecular formula is C29H31ClN5O7P. The van der Waals surface area contributed by atoms with Crippen LogP contribution in [0.25, 0.3) is 21.8 Å². The highest BCUT2D eigenvalue weighted by Crippen LogP contribution is 2.48. The number of nitrogens with zero attached hydrogens (tertiary/aromatic N) is 3. The maximum Gasteiger partial charge on any atom is 0.459 e. The SMILES string of the molecule is C#C[C@]1(COP(=O)(N[C@@H](C)C(=O)OC(C)C)Oc2ccc3ccccc3c2)O[C@@H](n2ccc3c(N)nc(Cl)nc32)C[C@@H]1O. The summed E-state index contributed by atoms with van der Waals surface area (Å²) in [6, 6.07) is 13.3. The van der Waals surface area contributed by atoms with Crippen LogP contribution < -0.4 is 15.3 Å². The Morgan fingerprint density at radius 2 is 2.02 bits per heavy atom. The Morgan fingerprint density at radius 3 is 2.74 bits per heavy atom. The molecule has 5 rings (SSSR count). The molecule has 1 aliphatic rings. The van der Waals surface area contributed by atoms with Gasteiger partial charge in [-0.25, -0.2) is 9.55 Å². The number of terminal acetylenes is 1. The molecule has 2 aromatic carbocycles. The Morgan fingerprint density at radius 1 is 1.28 bits per heavy atom. The number of fused-ring (bicyclic) bond motifs is 2. The molecule has 0 amide bonds. The zero-order valence-electron chi connectivity index (χ0n) is 23.6. The number of aliphatic hydroxyl groups excluding tert-OH is 1. The van der Waals surface area contributed by atoms with Crippen molar-refractivity contribution in [1.82, 2.24) is 19.6 Å². The van der Waals surface area contributed by atoms with Gasteiger partial charge in [-0.15, -0.1) is 6.42 Å². The quantitative estimate of drug-likeness (QED) is 0.0975. The minimum Gasteiger partial charge on any atom is -0.462 e. The largest absolute Gasteiger partial charge is 0.462 e. The molecule has 12 nitrogen and oxygen atoms in total. The van der Waals surface area contributed by atoms with Crippen molar-refractivity contribution in [1.29, 1.82) is 0 Å². The summed E-state index contributed by atoms with van der Waals surface area (Å²) in [5, 5.41) is 16.0. The topological polar surface area (TPSA) is 160 Å². The third kappa shape index (κ3) is 6.48. The van der Waals surface area contributed by atoms with Crippen molar-refractivity contribution in [3.05, 3.63) is 60.0 Å². The lowest BCUT2D eigenvalue weighted by molar-refractivity contribution is -0.149. The van der Waals surface area contributed by atoms with Gasteiger partial charge < -0.3 is 29.4 Å². The monoisotopic (exact) mass is 627 g/mol. The summed E-state index contributed by atoms with van der Waals surface area (Å²) < 4.78 is 38.9. The highest BCUT2D eigenvalue weighted by atomic mass is 35.5. The highest BCUT2D eigenvalue weighted by molar-refractivity contribution is 7.52. The number of carbonyl (C=O) groups is 1. The molecule has 0 aliphatic carbocycles. The van der Waals surface area contributed by atoms with Gasteiger partial charge in [-0.1, -0.05) is 36.3 Å². The fourth-order valence-corrected chi connectivity index (χ4v) is 6.43. The molecule has 0 saturated carbocycles. The minimum absolute atomic E-state index is 0.0409. The zero-order chi connectivity index (χ0) is 30.9. The maximum absolute atomic E-state index is 14.2. The number of hydrogen-bond donors (Lipinski definition) is 3. The van der Waals surface area contributed by atoms with Gasteiger partial charge in [0.15, 0.2) is 5.60 Å². The number of benzene rings is 2. The number of halogens is 1. The van der Waals surface area contributed by atoms with E-state index in [2.05, 4.69) is 21.0 Å². The molecule has 226 valence electrons. The van der Waals surface area contributed by atoms with Crippen molar-refractivity contribution in [2.75, 3.05) is 12.3 Å². The number of hydrogen-bond acceptors (Lipinski definition) is 10. The van der Waals surface area contributed by atoms with E-state index in [1.165, 1.54) is 6.92 Å². The lowest BCUT2D eigenvalue weighted by atomic mass is 9.99. The fourth-order valence-electron chi connectivity index (χ4n) is 4.74. The number of aromatic nitrogens is 3. The van der Waals surface area contributed by atoms with Gasteiger partial charge in [0.1, 0.15) is 42.2 Å². The molecule has 1 saturated heterocycles. The molecule has 4 N–H and O–H groups in total. The van der Waals surface area contributed by atoms with Gasteiger partial charge in [-0.3, -0.25) is 9.32 Å². The lowest BCUT2D eigenvalue weighted by Gasteiger charge is -2.29.